The fraction of sp³-hybridized carbons (Fsp3) is 0.500. The first-order valence-electron chi connectivity index (χ1n) is 6.13. The van der Waals surface area contributed by atoms with Gasteiger partial charge in [-0.3, -0.25) is 4.79 Å². The largest absolute Gasteiger partial charge is 0.497 e. The van der Waals surface area contributed by atoms with Gasteiger partial charge in [-0.05, 0) is 30.2 Å². The maximum atomic E-state index is 12.0. The van der Waals surface area contributed by atoms with E-state index in [4.69, 9.17) is 10.5 Å². The molecule has 100 valence electrons. The summed E-state index contributed by atoms with van der Waals surface area (Å²) in [4.78, 5) is 13.7. The molecule has 0 bridgehead atoms. The highest BCUT2D eigenvalue weighted by Crippen LogP contribution is 2.13. The van der Waals surface area contributed by atoms with E-state index in [1.807, 2.05) is 38.2 Å². The molecule has 0 aliphatic rings. The molecule has 1 unspecified atom stereocenters. The predicted molar refractivity (Wildman–Crippen MR) is 72.6 cm³/mol. The molecule has 1 rings (SSSR count). The molecule has 4 heteroatoms. The second-order valence-corrected chi connectivity index (χ2v) is 4.64. The summed E-state index contributed by atoms with van der Waals surface area (Å²) in [6.07, 6.45) is 0.394. The number of ether oxygens (including phenoxy) is 1. The van der Waals surface area contributed by atoms with Gasteiger partial charge >= 0.3 is 0 Å². The van der Waals surface area contributed by atoms with Crippen LogP contribution in [0.2, 0.25) is 0 Å². The van der Waals surface area contributed by atoms with Gasteiger partial charge in [0, 0.05) is 13.6 Å². The Kier molecular flexibility index (Phi) is 5.65. The second-order valence-electron chi connectivity index (χ2n) is 4.64. The van der Waals surface area contributed by atoms with Gasteiger partial charge in [-0.25, -0.2) is 0 Å². The van der Waals surface area contributed by atoms with Crippen molar-refractivity contribution in [2.24, 2.45) is 11.7 Å². The molecule has 4 nitrogen and oxygen atoms in total. The minimum absolute atomic E-state index is 0.101. The highest BCUT2D eigenvalue weighted by Gasteiger charge is 2.12. The number of nitrogens with zero attached hydrogens (tertiary/aromatic N) is 1. The third kappa shape index (κ3) is 4.37. The average Bonchev–Trinajstić information content (AvgIpc) is 2.38. The molecule has 0 saturated carbocycles. The summed E-state index contributed by atoms with van der Waals surface area (Å²) in [5, 5.41) is 0. The van der Waals surface area contributed by atoms with Gasteiger partial charge < -0.3 is 15.4 Å². The molecule has 1 atom stereocenters. The van der Waals surface area contributed by atoms with Gasteiger partial charge in [-0.15, -0.1) is 0 Å². The Morgan fingerprint density at radius 2 is 2.22 bits per heavy atom. The maximum absolute atomic E-state index is 12.0. The summed E-state index contributed by atoms with van der Waals surface area (Å²) < 4.78 is 5.14. The minimum Gasteiger partial charge on any atom is -0.497 e. The SMILES string of the molecule is COc1cccc(CC(=O)N(C)CC(C)CN)c1. The van der Waals surface area contributed by atoms with E-state index < -0.39 is 0 Å². The van der Waals surface area contributed by atoms with E-state index in [0.29, 0.717) is 25.4 Å². The van der Waals surface area contributed by atoms with Gasteiger partial charge in [0.15, 0.2) is 0 Å². The Morgan fingerprint density at radius 3 is 2.83 bits per heavy atom. The average molecular weight is 250 g/mol. The van der Waals surface area contributed by atoms with E-state index in [1.165, 1.54) is 0 Å². The number of likely N-dealkylation sites (N-methyl/N-ethyl adjacent to an activating group) is 1. The van der Waals surface area contributed by atoms with E-state index in [-0.39, 0.29) is 5.91 Å². The number of carbonyl (C=O) groups is 1. The van der Waals surface area contributed by atoms with Crippen LogP contribution in [0.1, 0.15) is 12.5 Å². The van der Waals surface area contributed by atoms with Crippen LogP contribution in [-0.4, -0.2) is 38.1 Å². The van der Waals surface area contributed by atoms with Crippen LogP contribution in [0.25, 0.3) is 0 Å². The van der Waals surface area contributed by atoms with Crippen molar-refractivity contribution in [1.29, 1.82) is 0 Å². The van der Waals surface area contributed by atoms with E-state index in [2.05, 4.69) is 0 Å². The predicted octanol–water partition coefficient (Wildman–Crippen LogP) is 1.29. The summed E-state index contributed by atoms with van der Waals surface area (Å²) in [6, 6.07) is 7.58. The summed E-state index contributed by atoms with van der Waals surface area (Å²) in [6.45, 7) is 3.32. The molecular weight excluding hydrogens is 228 g/mol. The maximum Gasteiger partial charge on any atom is 0.226 e. The van der Waals surface area contributed by atoms with Crippen LogP contribution in [-0.2, 0) is 11.2 Å². The van der Waals surface area contributed by atoms with Crippen molar-refractivity contribution in [2.45, 2.75) is 13.3 Å². The Balaban J connectivity index is 2.57. The molecule has 1 amide bonds. The quantitative estimate of drug-likeness (QED) is 0.827. The molecule has 18 heavy (non-hydrogen) atoms. The lowest BCUT2D eigenvalue weighted by Crippen LogP contribution is -2.34. The van der Waals surface area contributed by atoms with Crippen LogP contribution in [0.15, 0.2) is 24.3 Å². The van der Waals surface area contributed by atoms with Crippen molar-refractivity contribution in [3.05, 3.63) is 29.8 Å². The number of rotatable bonds is 6. The third-order valence-corrected chi connectivity index (χ3v) is 2.90. The van der Waals surface area contributed by atoms with E-state index >= 15 is 0 Å². The smallest absolute Gasteiger partial charge is 0.226 e. The van der Waals surface area contributed by atoms with Crippen LogP contribution in [0.3, 0.4) is 0 Å². The van der Waals surface area contributed by atoms with Gasteiger partial charge in [-0.2, -0.15) is 0 Å². The number of amides is 1. The summed E-state index contributed by atoms with van der Waals surface area (Å²) in [7, 11) is 3.44. The summed E-state index contributed by atoms with van der Waals surface area (Å²) in [5.74, 6) is 1.20. The fourth-order valence-electron chi connectivity index (χ4n) is 1.74. The van der Waals surface area contributed by atoms with Crippen molar-refractivity contribution in [2.75, 3.05) is 27.2 Å². The van der Waals surface area contributed by atoms with Crippen molar-refractivity contribution in [3.63, 3.8) is 0 Å². The molecule has 0 saturated heterocycles. The molecule has 1 aromatic rings. The lowest BCUT2D eigenvalue weighted by molar-refractivity contribution is -0.129. The molecule has 0 aliphatic heterocycles. The van der Waals surface area contributed by atoms with Gasteiger partial charge in [0.25, 0.3) is 0 Å². The number of benzene rings is 1. The standard InChI is InChI=1S/C14H22N2O2/c1-11(9-15)10-16(2)14(17)8-12-5-4-6-13(7-12)18-3/h4-7,11H,8-10,15H2,1-3H3. The molecule has 0 aromatic heterocycles. The van der Waals surface area contributed by atoms with Crippen LogP contribution in [0, 0.1) is 5.92 Å². The van der Waals surface area contributed by atoms with Crippen LogP contribution in [0.4, 0.5) is 0 Å². The van der Waals surface area contributed by atoms with Gasteiger partial charge in [0.2, 0.25) is 5.91 Å². The third-order valence-electron chi connectivity index (χ3n) is 2.90. The highest BCUT2D eigenvalue weighted by atomic mass is 16.5. The van der Waals surface area contributed by atoms with Gasteiger partial charge in [0.05, 0.1) is 13.5 Å². The zero-order valence-corrected chi connectivity index (χ0v) is 11.3. The van der Waals surface area contributed by atoms with Crippen molar-refractivity contribution < 1.29 is 9.53 Å². The van der Waals surface area contributed by atoms with Crippen LogP contribution >= 0.6 is 0 Å². The number of methoxy groups -OCH3 is 1. The molecular formula is C14H22N2O2. The Morgan fingerprint density at radius 1 is 1.50 bits per heavy atom. The normalized spacial score (nSPS) is 12.0. The molecule has 0 heterocycles. The zero-order valence-electron chi connectivity index (χ0n) is 11.3. The molecule has 0 spiro atoms. The number of hydrogen-bond acceptors (Lipinski definition) is 3. The number of carbonyl (C=O) groups excluding carboxylic acids is 1. The molecule has 0 fully saturated rings. The number of hydrogen-bond donors (Lipinski definition) is 1. The van der Waals surface area contributed by atoms with E-state index in [9.17, 15) is 4.79 Å². The summed E-state index contributed by atoms with van der Waals surface area (Å²) >= 11 is 0. The van der Waals surface area contributed by atoms with Crippen LogP contribution < -0.4 is 10.5 Å². The molecule has 0 aliphatic carbocycles. The molecule has 1 aromatic carbocycles. The fourth-order valence-corrected chi connectivity index (χ4v) is 1.74. The van der Waals surface area contributed by atoms with E-state index in [0.717, 1.165) is 11.3 Å². The van der Waals surface area contributed by atoms with Crippen molar-refractivity contribution >= 4 is 5.91 Å². The van der Waals surface area contributed by atoms with Gasteiger partial charge in [0.1, 0.15) is 5.75 Å². The van der Waals surface area contributed by atoms with Crippen LogP contribution in [0.5, 0.6) is 5.75 Å². The first kappa shape index (κ1) is 14.5. The van der Waals surface area contributed by atoms with Gasteiger partial charge in [-0.1, -0.05) is 19.1 Å². The molecule has 0 radical (unpaired) electrons. The lowest BCUT2D eigenvalue weighted by atomic mass is 10.1. The zero-order chi connectivity index (χ0) is 13.5. The second kappa shape index (κ2) is 7.01. The first-order valence-corrected chi connectivity index (χ1v) is 6.13. The monoisotopic (exact) mass is 250 g/mol. The Hall–Kier alpha value is -1.55. The lowest BCUT2D eigenvalue weighted by Gasteiger charge is -2.20. The van der Waals surface area contributed by atoms with Crippen molar-refractivity contribution in [3.8, 4) is 5.75 Å². The highest BCUT2D eigenvalue weighted by molar-refractivity contribution is 5.78. The molecule has 2 N–H and O–H groups in total. The Bertz CT molecular complexity index is 393. The van der Waals surface area contributed by atoms with Crippen molar-refractivity contribution in [1.82, 2.24) is 4.90 Å². The minimum atomic E-state index is 0.101. The Labute approximate surface area is 109 Å². The number of nitrogens with two attached hydrogens (primary N) is 1. The van der Waals surface area contributed by atoms with E-state index in [1.54, 1.807) is 12.0 Å². The summed E-state index contributed by atoms with van der Waals surface area (Å²) in [5.41, 5.74) is 6.52. The first-order chi connectivity index (χ1) is 8.56. The topological polar surface area (TPSA) is 55.6 Å².